The van der Waals surface area contributed by atoms with Gasteiger partial charge >= 0.3 is 0 Å². The zero-order chi connectivity index (χ0) is 20.5. The second-order valence-corrected chi connectivity index (χ2v) is 7.27. The normalized spacial score (nSPS) is 14.5. The lowest BCUT2D eigenvalue weighted by atomic mass is 10.2. The van der Waals surface area contributed by atoms with Crippen LogP contribution >= 0.6 is 0 Å². The zero-order valence-corrected chi connectivity index (χ0v) is 17.4. The zero-order valence-electron chi connectivity index (χ0n) is 17.4. The SMILES string of the molecule is COc1ccccc1N1CCN(CC(=O)N(C)CCCOc2ccccc2)CC1. The van der Waals surface area contributed by atoms with Crippen molar-refractivity contribution in [3.8, 4) is 11.5 Å². The van der Waals surface area contributed by atoms with Gasteiger partial charge < -0.3 is 19.3 Å². The second kappa shape index (κ2) is 10.7. The number of rotatable bonds is 9. The number of carbonyl (C=O) groups is 1. The van der Waals surface area contributed by atoms with Crippen molar-refractivity contribution < 1.29 is 14.3 Å². The summed E-state index contributed by atoms with van der Waals surface area (Å²) in [5.41, 5.74) is 1.12. The van der Waals surface area contributed by atoms with Crippen LogP contribution in [0.4, 0.5) is 5.69 Å². The first-order chi connectivity index (χ1) is 14.2. The number of likely N-dealkylation sites (N-methyl/N-ethyl adjacent to an activating group) is 1. The highest BCUT2D eigenvalue weighted by molar-refractivity contribution is 5.78. The van der Waals surface area contributed by atoms with Crippen LogP contribution in [0, 0.1) is 0 Å². The number of nitrogens with zero attached hydrogens (tertiary/aromatic N) is 3. The van der Waals surface area contributed by atoms with E-state index in [0.717, 1.165) is 49.8 Å². The van der Waals surface area contributed by atoms with E-state index in [2.05, 4.69) is 15.9 Å². The Morgan fingerprint density at radius 3 is 2.41 bits per heavy atom. The molecule has 1 heterocycles. The van der Waals surface area contributed by atoms with Crippen LogP contribution in [-0.4, -0.2) is 75.7 Å². The van der Waals surface area contributed by atoms with Crippen molar-refractivity contribution in [1.82, 2.24) is 9.80 Å². The van der Waals surface area contributed by atoms with E-state index in [1.807, 2.05) is 55.6 Å². The third-order valence-electron chi connectivity index (χ3n) is 5.23. The molecule has 0 atom stereocenters. The van der Waals surface area contributed by atoms with E-state index in [0.29, 0.717) is 19.7 Å². The Morgan fingerprint density at radius 1 is 1.00 bits per heavy atom. The van der Waals surface area contributed by atoms with Crippen LogP contribution in [0.25, 0.3) is 0 Å². The summed E-state index contributed by atoms with van der Waals surface area (Å²) in [6.07, 6.45) is 0.818. The largest absolute Gasteiger partial charge is 0.495 e. The van der Waals surface area contributed by atoms with E-state index in [9.17, 15) is 4.79 Å². The molecule has 0 N–H and O–H groups in total. The summed E-state index contributed by atoms with van der Waals surface area (Å²) >= 11 is 0. The third-order valence-corrected chi connectivity index (χ3v) is 5.23. The summed E-state index contributed by atoms with van der Waals surface area (Å²) in [5, 5.41) is 0. The molecule has 1 aliphatic rings. The first kappa shape index (κ1) is 21.0. The maximum absolute atomic E-state index is 12.5. The predicted octanol–water partition coefficient (Wildman–Crippen LogP) is 2.74. The third kappa shape index (κ3) is 6.12. The van der Waals surface area contributed by atoms with E-state index < -0.39 is 0 Å². The number of benzene rings is 2. The lowest BCUT2D eigenvalue weighted by Gasteiger charge is -2.36. The lowest BCUT2D eigenvalue weighted by Crippen LogP contribution is -2.49. The Morgan fingerprint density at radius 2 is 1.69 bits per heavy atom. The van der Waals surface area contributed by atoms with Crippen molar-refractivity contribution in [2.45, 2.75) is 6.42 Å². The average molecular weight is 398 g/mol. The number of carbonyl (C=O) groups excluding carboxylic acids is 1. The Labute approximate surface area is 173 Å². The van der Waals surface area contributed by atoms with Crippen molar-refractivity contribution in [3.05, 3.63) is 54.6 Å². The average Bonchev–Trinajstić information content (AvgIpc) is 2.77. The number of hydrogen-bond acceptors (Lipinski definition) is 5. The molecule has 1 saturated heterocycles. The van der Waals surface area contributed by atoms with Crippen molar-refractivity contribution in [1.29, 1.82) is 0 Å². The highest BCUT2D eigenvalue weighted by Gasteiger charge is 2.22. The summed E-state index contributed by atoms with van der Waals surface area (Å²) in [5.74, 6) is 1.93. The van der Waals surface area contributed by atoms with Crippen LogP contribution in [0.2, 0.25) is 0 Å². The standard InChI is InChI=1S/C23H31N3O3/c1-24(13-8-18-29-20-9-4-3-5-10-20)23(27)19-25-14-16-26(17-15-25)21-11-6-7-12-22(21)28-2/h3-7,9-12H,8,13-19H2,1-2H3. The molecule has 2 aromatic carbocycles. The molecule has 1 aliphatic heterocycles. The summed E-state index contributed by atoms with van der Waals surface area (Å²) < 4.78 is 11.2. The van der Waals surface area contributed by atoms with Crippen LogP contribution < -0.4 is 14.4 Å². The van der Waals surface area contributed by atoms with E-state index in [-0.39, 0.29) is 5.91 Å². The van der Waals surface area contributed by atoms with Gasteiger partial charge in [0.1, 0.15) is 11.5 Å². The van der Waals surface area contributed by atoms with Crippen molar-refractivity contribution in [2.75, 3.05) is 64.9 Å². The first-order valence-corrected chi connectivity index (χ1v) is 10.2. The van der Waals surface area contributed by atoms with E-state index >= 15 is 0 Å². The topological polar surface area (TPSA) is 45.2 Å². The number of piperazine rings is 1. The number of ether oxygens (including phenoxy) is 2. The molecule has 3 rings (SSSR count). The minimum Gasteiger partial charge on any atom is -0.495 e. The molecule has 0 bridgehead atoms. The molecule has 6 nitrogen and oxygen atoms in total. The molecule has 1 fully saturated rings. The first-order valence-electron chi connectivity index (χ1n) is 10.2. The van der Waals surface area contributed by atoms with Gasteiger partial charge in [-0.3, -0.25) is 9.69 Å². The maximum atomic E-state index is 12.5. The van der Waals surface area contributed by atoms with Gasteiger partial charge in [-0.2, -0.15) is 0 Å². The number of para-hydroxylation sites is 3. The van der Waals surface area contributed by atoms with Crippen LogP contribution in [0.15, 0.2) is 54.6 Å². The maximum Gasteiger partial charge on any atom is 0.236 e. The van der Waals surface area contributed by atoms with Crippen LogP contribution in [-0.2, 0) is 4.79 Å². The summed E-state index contributed by atoms with van der Waals surface area (Å²) in [6.45, 7) is 5.30. The molecule has 1 amide bonds. The second-order valence-electron chi connectivity index (χ2n) is 7.27. The fraction of sp³-hybridized carbons (Fsp3) is 0.435. The molecule has 0 saturated carbocycles. The molecule has 156 valence electrons. The Bertz CT molecular complexity index is 761. The van der Waals surface area contributed by atoms with Crippen molar-refractivity contribution in [2.24, 2.45) is 0 Å². The summed E-state index contributed by atoms with van der Waals surface area (Å²) in [7, 11) is 3.57. The highest BCUT2D eigenvalue weighted by Crippen LogP contribution is 2.28. The molecular formula is C23H31N3O3. The molecule has 0 unspecified atom stereocenters. The Kier molecular flexibility index (Phi) is 7.76. The summed E-state index contributed by atoms with van der Waals surface area (Å²) in [4.78, 5) is 18.9. The number of methoxy groups -OCH3 is 1. The van der Waals surface area contributed by atoms with E-state index in [1.165, 1.54) is 0 Å². The van der Waals surface area contributed by atoms with Gasteiger partial charge in [-0.05, 0) is 30.7 Å². The van der Waals surface area contributed by atoms with Gasteiger partial charge in [-0.15, -0.1) is 0 Å². The van der Waals surface area contributed by atoms with Crippen LogP contribution in [0.1, 0.15) is 6.42 Å². The van der Waals surface area contributed by atoms with Crippen LogP contribution in [0.5, 0.6) is 11.5 Å². The molecule has 0 spiro atoms. The van der Waals surface area contributed by atoms with Gasteiger partial charge in [0.25, 0.3) is 0 Å². The van der Waals surface area contributed by atoms with Gasteiger partial charge in [0.05, 0.1) is 25.9 Å². The van der Waals surface area contributed by atoms with E-state index in [1.54, 1.807) is 12.0 Å². The van der Waals surface area contributed by atoms with Gasteiger partial charge in [0.15, 0.2) is 0 Å². The van der Waals surface area contributed by atoms with E-state index in [4.69, 9.17) is 9.47 Å². The molecule has 0 aliphatic carbocycles. The minimum absolute atomic E-state index is 0.162. The van der Waals surface area contributed by atoms with Crippen molar-refractivity contribution in [3.63, 3.8) is 0 Å². The lowest BCUT2D eigenvalue weighted by molar-refractivity contribution is -0.131. The molecule has 29 heavy (non-hydrogen) atoms. The quantitative estimate of drug-likeness (QED) is 0.609. The Hall–Kier alpha value is -2.73. The molecular weight excluding hydrogens is 366 g/mol. The minimum atomic E-state index is 0.162. The number of anilines is 1. The number of hydrogen-bond donors (Lipinski definition) is 0. The molecule has 0 aromatic heterocycles. The monoisotopic (exact) mass is 397 g/mol. The van der Waals surface area contributed by atoms with Gasteiger partial charge in [0.2, 0.25) is 5.91 Å². The van der Waals surface area contributed by atoms with Gasteiger partial charge in [0, 0.05) is 39.8 Å². The molecule has 2 aromatic rings. The number of amides is 1. The fourth-order valence-electron chi connectivity index (χ4n) is 3.48. The van der Waals surface area contributed by atoms with Crippen molar-refractivity contribution >= 4 is 11.6 Å². The molecule has 6 heteroatoms. The van der Waals surface area contributed by atoms with Crippen LogP contribution in [0.3, 0.4) is 0 Å². The predicted molar refractivity (Wildman–Crippen MR) is 116 cm³/mol. The fourth-order valence-corrected chi connectivity index (χ4v) is 3.48. The smallest absolute Gasteiger partial charge is 0.236 e. The molecule has 0 radical (unpaired) electrons. The van der Waals surface area contributed by atoms with Gasteiger partial charge in [-0.1, -0.05) is 30.3 Å². The van der Waals surface area contributed by atoms with Gasteiger partial charge in [-0.25, -0.2) is 0 Å². The highest BCUT2D eigenvalue weighted by atomic mass is 16.5. The summed E-state index contributed by atoms with van der Waals surface area (Å²) in [6, 6.07) is 17.9. The Balaban J connectivity index is 1.36.